The molecule has 0 aromatic carbocycles. The van der Waals surface area contributed by atoms with Crippen molar-refractivity contribution in [1.29, 1.82) is 0 Å². The monoisotopic (exact) mass is 274 g/mol. The lowest BCUT2D eigenvalue weighted by atomic mass is 10.2. The Kier molecular flexibility index (Phi) is 4.50. The molecule has 1 amide bonds. The summed E-state index contributed by atoms with van der Waals surface area (Å²) in [6, 6.07) is -0.660. The number of hydrogen-bond donors (Lipinski definition) is 2. The Labute approximate surface area is 111 Å². The molecule has 1 saturated heterocycles. The molecule has 0 saturated carbocycles. The Morgan fingerprint density at radius 3 is 2.56 bits per heavy atom. The van der Waals surface area contributed by atoms with E-state index in [2.05, 4.69) is 5.32 Å². The molecule has 1 atom stereocenters. The molecular weight excluding hydrogens is 256 g/mol. The van der Waals surface area contributed by atoms with Gasteiger partial charge in [0.15, 0.2) is 5.11 Å². The van der Waals surface area contributed by atoms with Crippen molar-refractivity contribution in [2.45, 2.75) is 45.3 Å². The number of alkyl carbamates (subject to hydrolysis) is 1. The lowest BCUT2D eigenvalue weighted by molar-refractivity contribution is -0.140. The number of thiocarbonyl (C=S) groups is 1. The molecule has 0 aromatic heterocycles. The fourth-order valence-electron chi connectivity index (χ4n) is 1.73. The van der Waals surface area contributed by atoms with Crippen molar-refractivity contribution in [2.24, 2.45) is 0 Å². The van der Waals surface area contributed by atoms with Crippen LogP contribution in [0.4, 0.5) is 4.79 Å². The van der Waals surface area contributed by atoms with Crippen molar-refractivity contribution in [3.05, 3.63) is 0 Å². The highest BCUT2D eigenvalue weighted by molar-refractivity contribution is 7.80. The molecule has 1 rings (SSSR count). The van der Waals surface area contributed by atoms with E-state index in [4.69, 9.17) is 22.1 Å². The third-order valence-electron chi connectivity index (χ3n) is 2.41. The highest BCUT2D eigenvalue weighted by Gasteiger charge is 2.33. The molecule has 1 aliphatic heterocycles. The van der Waals surface area contributed by atoms with Crippen LogP contribution in [0.3, 0.4) is 0 Å². The number of rotatable bonds is 1. The molecular formula is C11H18N2O4S. The summed E-state index contributed by atoms with van der Waals surface area (Å²) >= 11 is 5.03. The molecule has 1 fully saturated rings. The molecule has 1 aliphatic rings. The van der Waals surface area contributed by atoms with Crippen LogP contribution >= 0.6 is 12.2 Å². The van der Waals surface area contributed by atoms with Crippen LogP contribution in [0.5, 0.6) is 0 Å². The predicted molar refractivity (Wildman–Crippen MR) is 69.3 cm³/mol. The van der Waals surface area contributed by atoms with Gasteiger partial charge in [0.1, 0.15) is 11.6 Å². The van der Waals surface area contributed by atoms with Crippen molar-refractivity contribution in [3.63, 3.8) is 0 Å². The first-order chi connectivity index (χ1) is 8.20. The standard InChI is InChI=1S/C11H18N2O4S/c1-11(2,3)17-10(16)12-9(18)13-6-4-5-7(13)8(14)15/h7H,4-6H2,1-3H3,(H,14,15)(H,12,16,18)/t7-/m0/s1. The number of carbonyl (C=O) groups excluding carboxylic acids is 1. The number of likely N-dealkylation sites (tertiary alicyclic amines) is 1. The van der Waals surface area contributed by atoms with Gasteiger partial charge in [0, 0.05) is 6.54 Å². The molecule has 102 valence electrons. The summed E-state index contributed by atoms with van der Waals surface area (Å²) in [4.78, 5) is 24.0. The molecule has 0 spiro atoms. The first kappa shape index (κ1) is 14.7. The topological polar surface area (TPSA) is 78.9 Å². The average molecular weight is 274 g/mol. The van der Waals surface area contributed by atoms with Gasteiger partial charge in [0.05, 0.1) is 0 Å². The van der Waals surface area contributed by atoms with Crippen LogP contribution in [-0.4, -0.2) is 45.4 Å². The highest BCUT2D eigenvalue weighted by atomic mass is 32.1. The summed E-state index contributed by atoms with van der Waals surface area (Å²) in [5.41, 5.74) is -0.614. The van der Waals surface area contributed by atoms with Gasteiger partial charge in [-0.05, 0) is 45.8 Å². The third kappa shape index (κ3) is 4.14. The van der Waals surface area contributed by atoms with E-state index in [9.17, 15) is 9.59 Å². The molecule has 0 unspecified atom stereocenters. The van der Waals surface area contributed by atoms with Gasteiger partial charge in [-0.3, -0.25) is 5.32 Å². The number of hydrogen-bond acceptors (Lipinski definition) is 4. The summed E-state index contributed by atoms with van der Waals surface area (Å²) in [6.07, 6.45) is 0.613. The summed E-state index contributed by atoms with van der Waals surface area (Å²) in [6.45, 7) is 5.76. The first-order valence-electron chi connectivity index (χ1n) is 5.74. The minimum Gasteiger partial charge on any atom is -0.480 e. The van der Waals surface area contributed by atoms with Gasteiger partial charge >= 0.3 is 12.1 Å². The Balaban J connectivity index is 2.55. The van der Waals surface area contributed by atoms with E-state index in [0.29, 0.717) is 13.0 Å². The quantitative estimate of drug-likeness (QED) is 0.703. The van der Waals surface area contributed by atoms with E-state index in [1.807, 2.05) is 0 Å². The molecule has 18 heavy (non-hydrogen) atoms. The predicted octanol–water partition coefficient (Wildman–Crippen LogP) is 1.34. The molecule has 2 N–H and O–H groups in total. The van der Waals surface area contributed by atoms with Crippen molar-refractivity contribution in [3.8, 4) is 0 Å². The number of carboxylic acid groups (broad SMARTS) is 1. The number of nitrogens with zero attached hydrogens (tertiary/aromatic N) is 1. The van der Waals surface area contributed by atoms with Gasteiger partial charge in [0.25, 0.3) is 0 Å². The van der Waals surface area contributed by atoms with Crippen LogP contribution in [0.1, 0.15) is 33.6 Å². The van der Waals surface area contributed by atoms with Gasteiger partial charge in [-0.2, -0.15) is 0 Å². The number of ether oxygens (including phenoxy) is 1. The SMILES string of the molecule is CC(C)(C)OC(=O)NC(=S)N1CCC[C@H]1C(=O)O. The largest absolute Gasteiger partial charge is 0.480 e. The third-order valence-corrected chi connectivity index (χ3v) is 2.74. The highest BCUT2D eigenvalue weighted by Crippen LogP contribution is 2.17. The van der Waals surface area contributed by atoms with E-state index in [1.54, 1.807) is 20.8 Å². The minimum absolute atomic E-state index is 0.106. The van der Waals surface area contributed by atoms with Crippen LogP contribution in [0.15, 0.2) is 0 Å². The number of amides is 1. The fraction of sp³-hybridized carbons (Fsp3) is 0.727. The first-order valence-corrected chi connectivity index (χ1v) is 6.15. The number of carbonyl (C=O) groups is 2. The normalized spacial score (nSPS) is 19.5. The molecule has 0 radical (unpaired) electrons. The molecule has 7 heteroatoms. The number of aliphatic carboxylic acids is 1. The average Bonchev–Trinajstić information content (AvgIpc) is 2.61. The second kappa shape index (κ2) is 5.51. The zero-order valence-electron chi connectivity index (χ0n) is 10.7. The van der Waals surface area contributed by atoms with Crippen LogP contribution in [0, 0.1) is 0 Å². The maximum atomic E-state index is 11.5. The minimum atomic E-state index is -0.930. The molecule has 0 bridgehead atoms. The van der Waals surface area contributed by atoms with Gasteiger partial charge in [0.2, 0.25) is 0 Å². The van der Waals surface area contributed by atoms with E-state index < -0.39 is 23.7 Å². The van der Waals surface area contributed by atoms with Crippen LogP contribution in [0.25, 0.3) is 0 Å². The van der Waals surface area contributed by atoms with Gasteiger partial charge in [-0.1, -0.05) is 0 Å². The molecule has 0 aromatic rings. The maximum Gasteiger partial charge on any atom is 0.413 e. The van der Waals surface area contributed by atoms with Gasteiger partial charge in [-0.25, -0.2) is 9.59 Å². The smallest absolute Gasteiger partial charge is 0.413 e. The second-order valence-corrected chi connectivity index (χ2v) is 5.51. The van der Waals surface area contributed by atoms with Crippen molar-refractivity contribution in [2.75, 3.05) is 6.54 Å². The van der Waals surface area contributed by atoms with Crippen LogP contribution in [0.2, 0.25) is 0 Å². The number of nitrogens with one attached hydrogen (secondary N) is 1. The summed E-state index contributed by atoms with van der Waals surface area (Å²) in [7, 11) is 0. The van der Waals surface area contributed by atoms with E-state index in [-0.39, 0.29) is 5.11 Å². The van der Waals surface area contributed by atoms with E-state index in [1.165, 1.54) is 4.90 Å². The van der Waals surface area contributed by atoms with Crippen LogP contribution in [-0.2, 0) is 9.53 Å². The summed E-state index contributed by atoms with van der Waals surface area (Å²) < 4.78 is 5.05. The number of carboxylic acids is 1. The van der Waals surface area contributed by atoms with E-state index >= 15 is 0 Å². The zero-order valence-corrected chi connectivity index (χ0v) is 11.5. The Hall–Kier alpha value is -1.37. The van der Waals surface area contributed by atoms with Crippen LogP contribution < -0.4 is 5.32 Å². The maximum absolute atomic E-state index is 11.5. The zero-order chi connectivity index (χ0) is 13.9. The lowest BCUT2D eigenvalue weighted by Crippen LogP contribution is -2.48. The molecule has 6 nitrogen and oxygen atoms in total. The fourth-order valence-corrected chi connectivity index (χ4v) is 2.03. The summed E-state index contributed by atoms with van der Waals surface area (Å²) in [5.74, 6) is -0.930. The molecule has 0 aliphatic carbocycles. The Morgan fingerprint density at radius 1 is 1.44 bits per heavy atom. The van der Waals surface area contributed by atoms with Crippen molar-refractivity contribution >= 4 is 29.4 Å². The summed E-state index contributed by atoms with van der Waals surface area (Å²) in [5, 5.41) is 11.5. The van der Waals surface area contributed by atoms with Gasteiger partial charge < -0.3 is 14.7 Å². The lowest BCUT2D eigenvalue weighted by Gasteiger charge is -2.25. The Morgan fingerprint density at radius 2 is 2.06 bits per heavy atom. The van der Waals surface area contributed by atoms with Crippen molar-refractivity contribution < 1.29 is 19.4 Å². The van der Waals surface area contributed by atoms with E-state index in [0.717, 1.165) is 6.42 Å². The van der Waals surface area contributed by atoms with Crippen molar-refractivity contribution in [1.82, 2.24) is 10.2 Å². The molecule has 1 heterocycles. The Bertz CT molecular complexity index is 365. The second-order valence-electron chi connectivity index (χ2n) is 5.12. The van der Waals surface area contributed by atoms with Gasteiger partial charge in [-0.15, -0.1) is 0 Å².